The van der Waals surface area contributed by atoms with Crippen LogP contribution in [0.15, 0.2) is 4.99 Å². The first-order valence-corrected chi connectivity index (χ1v) is 9.12. The van der Waals surface area contributed by atoms with E-state index in [-0.39, 0.29) is 22.9 Å². The van der Waals surface area contributed by atoms with Crippen LogP contribution in [-0.2, 0) is 4.79 Å². The molecule has 2 fully saturated rings. The molecule has 25 heavy (non-hydrogen) atoms. The van der Waals surface area contributed by atoms with Crippen molar-refractivity contribution in [3.8, 4) is 0 Å². The largest absolute Gasteiger partial charge is 0.356 e. The summed E-state index contributed by atoms with van der Waals surface area (Å²) in [5.74, 6) is 0.745. The molecule has 0 aliphatic carbocycles. The summed E-state index contributed by atoms with van der Waals surface area (Å²) in [6, 6.07) is -0.288. The van der Waals surface area contributed by atoms with E-state index in [0.717, 1.165) is 12.5 Å². The fraction of sp³-hybridized carbons (Fsp3) is 0.833. The van der Waals surface area contributed by atoms with Crippen molar-refractivity contribution in [1.82, 2.24) is 20.4 Å². The molecule has 2 N–H and O–H groups in total. The van der Waals surface area contributed by atoms with Crippen molar-refractivity contribution in [3.63, 3.8) is 0 Å². The Hall–Kier alpha value is -1.79. The van der Waals surface area contributed by atoms with Crippen LogP contribution in [0.25, 0.3) is 0 Å². The normalized spacial score (nSPS) is 28.0. The second-order valence-electron chi connectivity index (χ2n) is 8.43. The molecule has 3 amide bonds. The van der Waals surface area contributed by atoms with Crippen molar-refractivity contribution in [3.05, 3.63) is 0 Å². The van der Waals surface area contributed by atoms with E-state index in [1.165, 1.54) is 4.90 Å². The zero-order valence-electron chi connectivity index (χ0n) is 16.7. The van der Waals surface area contributed by atoms with Gasteiger partial charge in [-0.1, -0.05) is 20.8 Å². The maximum atomic E-state index is 12.4. The lowest BCUT2D eigenvalue weighted by Gasteiger charge is -2.62. The summed E-state index contributed by atoms with van der Waals surface area (Å²) in [4.78, 5) is 32.3. The molecule has 2 heterocycles. The Labute approximate surface area is 151 Å². The molecule has 0 radical (unpaired) electrons. The van der Waals surface area contributed by atoms with Crippen molar-refractivity contribution in [2.75, 3.05) is 26.7 Å². The molecule has 0 aromatic rings. The quantitative estimate of drug-likeness (QED) is 0.343. The lowest BCUT2D eigenvalue weighted by molar-refractivity contribution is -0.130. The van der Waals surface area contributed by atoms with E-state index in [0.29, 0.717) is 25.9 Å². The van der Waals surface area contributed by atoms with Gasteiger partial charge in [0.2, 0.25) is 0 Å². The number of carbonyl (C=O) groups is 2. The van der Waals surface area contributed by atoms with E-state index in [1.54, 1.807) is 14.0 Å². The molecule has 7 nitrogen and oxygen atoms in total. The molecule has 1 atom stereocenters. The van der Waals surface area contributed by atoms with Gasteiger partial charge in [-0.25, -0.2) is 4.79 Å². The Balaban J connectivity index is 1.83. The van der Waals surface area contributed by atoms with Gasteiger partial charge in [0.05, 0.1) is 0 Å². The molecule has 0 aromatic carbocycles. The van der Waals surface area contributed by atoms with E-state index in [4.69, 9.17) is 0 Å². The first kappa shape index (κ1) is 19.5. The number of imide groups is 1. The lowest BCUT2D eigenvalue weighted by atomic mass is 9.65. The Morgan fingerprint density at radius 2 is 1.88 bits per heavy atom. The molecule has 2 aliphatic rings. The monoisotopic (exact) mass is 351 g/mol. The topological polar surface area (TPSA) is 77.0 Å². The number of rotatable bonds is 5. The van der Waals surface area contributed by atoms with Crippen molar-refractivity contribution in [2.24, 2.45) is 10.4 Å². The maximum Gasteiger partial charge on any atom is 0.325 e. The molecular weight excluding hydrogens is 318 g/mol. The van der Waals surface area contributed by atoms with Crippen LogP contribution in [0.3, 0.4) is 0 Å². The van der Waals surface area contributed by atoms with Gasteiger partial charge in [0.1, 0.15) is 5.54 Å². The third-order valence-electron chi connectivity index (χ3n) is 6.25. The highest BCUT2D eigenvalue weighted by molar-refractivity contribution is 6.06. The Bertz CT molecular complexity index is 584. The molecule has 0 spiro atoms. The second kappa shape index (κ2) is 6.50. The van der Waals surface area contributed by atoms with Crippen molar-refractivity contribution in [1.29, 1.82) is 0 Å². The highest BCUT2D eigenvalue weighted by Crippen LogP contribution is 2.46. The third-order valence-corrected chi connectivity index (χ3v) is 6.25. The van der Waals surface area contributed by atoms with Crippen LogP contribution < -0.4 is 10.6 Å². The number of nitrogens with zero attached hydrogens (tertiary/aromatic N) is 3. The summed E-state index contributed by atoms with van der Waals surface area (Å²) < 4.78 is 0. The average Bonchev–Trinajstić information content (AvgIpc) is 2.76. The number of carbonyl (C=O) groups excluding carboxylic acids is 2. The van der Waals surface area contributed by atoms with Crippen LogP contribution in [0, 0.1) is 5.41 Å². The molecule has 7 heteroatoms. The summed E-state index contributed by atoms with van der Waals surface area (Å²) in [5, 5.41) is 6.14. The van der Waals surface area contributed by atoms with Gasteiger partial charge in [-0.05, 0) is 33.6 Å². The number of likely N-dealkylation sites (tertiary alicyclic amines) is 1. The molecule has 1 unspecified atom stereocenters. The smallest absolute Gasteiger partial charge is 0.325 e. The van der Waals surface area contributed by atoms with Gasteiger partial charge >= 0.3 is 6.03 Å². The van der Waals surface area contributed by atoms with Gasteiger partial charge in [-0.2, -0.15) is 0 Å². The molecule has 0 aromatic heterocycles. The van der Waals surface area contributed by atoms with Crippen LogP contribution in [0.2, 0.25) is 0 Å². The number of nitrogens with one attached hydrogen (secondary N) is 2. The molecule has 142 valence electrons. The van der Waals surface area contributed by atoms with E-state index >= 15 is 0 Å². The Morgan fingerprint density at radius 3 is 2.32 bits per heavy atom. The minimum absolute atomic E-state index is 0.0442. The minimum Gasteiger partial charge on any atom is -0.356 e. The number of hydrogen-bond donors (Lipinski definition) is 2. The Morgan fingerprint density at radius 1 is 1.24 bits per heavy atom. The van der Waals surface area contributed by atoms with E-state index in [2.05, 4.69) is 48.2 Å². The van der Waals surface area contributed by atoms with Crippen molar-refractivity contribution >= 4 is 17.9 Å². The zero-order valence-corrected chi connectivity index (χ0v) is 16.7. The summed E-state index contributed by atoms with van der Waals surface area (Å²) >= 11 is 0. The lowest BCUT2D eigenvalue weighted by Crippen LogP contribution is -2.72. The fourth-order valence-corrected chi connectivity index (χ4v) is 3.32. The number of hydrogen-bond acceptors (Lipinski definition) is 3. The van der Waals surface area contributed by atoms with Gasteiger partial charge in [0.15, 0.2) is 5.96 Å². The third kappa shape index (κ3) is 3.20. The molecule has 2 rings (SSSR count). The van der Waals surface area contributed by atoms with Gasteiger partial charge in [0.25, 0.3) is 5.91 Å². The van der Waals surface area contributed by atoms with Crippen molar-refractivity contribution < 1.29 is 9.59 Å². The van der Waals surface area contributed by atoms with Crippen molar-refractivity contribution in [2.45, 2.75) is 65.5 Å². The fourth-order valence-electron chi connectivity index (χ4n) is 3.32. The summed E-state index contributed by atoms with van der Waals surface area (Å²) in [5.41, 5.74) is -0.467. The van der Waals surface area contributed by atoms with E-state index in [1.807, 2.05) is 6.92 Å². The Kier molecular flexibility index (Phi) is 5.08. The zero-order chi connectivity index (χ0) is 19.0. The first-order valence-electron chi connectivity index (χ1n) is 9.12. The van der Waals surface area contributed by atoms with Gasteiger partial charge in [-0.3, -0.25) is 14.7 Å². The van der Waals surface area contributed by atoms with Crippen LogP contribution in [0.4, 0.5) is 4.79 Å². The van der Waals surface area contributed by atoms with E-state index < -0.39 is 5.54 Å². The highest BCUT2D eigenvalue weighted by atomic mass is 16.2. The van der Waals surface area contributed by atoms with Gasteiger partial charge in [-0.15, -0.1) is 0 Å². The van der Waals surface area contributed by atoms with Crippen LogP contribution in [0.1, 0.15) is 54.4 Å². The SMILES string of the molecule is CCC1(C)NC(=O)N(CCCNC(=NC)N2CC(C)(C)C2(C)C)C1=O. The van der Waals surface area contributed by atoms with Crippen LogP contribution in [-0.4, -0.2) is 65.5 Å². The van der Waals surface area contributed by atoms with Gasteiger partial charge < -0.3 is 15.5 Å². The van der Waals surface area contributed by atoms with E-state index in [9.17, 15) is 9.59 Å². The standard InChI is InChI=1S/C18H33N5O2/c1-8-18(6)13(24)22(15(25)21-18)11-9-10-20-14(19-7)23-12-16(2,3)17(23,4)5/h8-12H2,1-7H3,(H,19,20)(H,21,25). The summed E-state index contributed by atoms with van der Waals surface area (Å²) in [6.45, 7) is 14.7. The number of amides is 3. The molecular formula is C18H33N5O2. The number of guanidine groups is 1. The average molecular weight is 351 g/mol. The molecule has 2 aliphatic heterocycles. The minimum atomic E-state index is -0.756. The highest BCUT2D eigenvalue weighted by Gasteiger charge is 2.53. The predicted molar refractivity (Wildman–Crippen MR) is 99.5 cm³/mol. The van der Waals surface area contributed by atoms with Crippen LogP contribution >= 0.6 is 0 Å². The molecule has 0 saturated carbocycles. The maximum absolute atomic E-state index is 12.4. The van der Waals surface area contributed by atoms with Gasteiger partial charge in [0, 0.05) is 37.6 Å². The molecule has 2 saturated heterocycles. The summed E-state index contributed by atoms with van der Waals surface area (Å²) in [7, 11) is 1.79. The molecule has 0 bridgehead atoms. The summed E-state index contributed by atoms with van der Waals surface area (Å²) in [6.07, 6.45) is 1.29. The second-order valence-corrected chi connectivity index (χ2v) is 8.43. The number of aliphatic imine (C=N–C) groups is 1. The predicted octanol–water partition coefficient (Wildman–Crippen LogP) is 1.79. The number of urea groups is 1. The van der Waals surface area contributed by atoms with Crippen LogP contribution in [0.5, 0.6) is 0 Å². The first-order chi connectivity index (χ1) is 11.5.